The summed E-state index contributed by atoms with van der Waals surface area (Å²) < 4.78 is 10.9. The number of nitrogens with zero attached hydrogens (tertiary/aromatic N) is 1. The number of hydrogen-bond donors (Lipinski definition) is 1. The molecule has 1 aromatic carbocycles. The molecule has 0 radical (unpaired) electrons. The molecule has 1 unspecified atom stereocenters. The zero-order chi connectivity index (χ0) is 14.5. The van der Waals surface area contributed by atoms with Gasteiger partial charge in [0.1, 0.15) is 18.1 Å². The average molecular weight is 294 g/mol. The molecule has 1 atom stereocenters. The summed E-state index contributed by atoms with van der Waals surface area (Å²) in [5.74, 6) is 1.25. The molecule has 2 aromatic rings. The second kappa shape index (κ2) is 6.59. The fourth-order valence-corrected chi connectivity index (χ4v) is 1.96. The van der Waals surface area contributed by atoms with Crippen molar-refractivity contribution in [1.82, 2.24) is 4.98 Å². The summed E-state index contributed by atoms with van der Waals surface area (Å²) in [4.78, 5) is 3.93. The molecular weight excluding hydrogens is 278 g/mol. The van der Waals surface area contributed by atoms with Crippen molar-refractivity contribution in [2.24, 2.45) is 0 Å². The van der Waals surface area contributed by atoms with Crippen LogP contribution in [0.3, 0.4) is 0 Å². The van der Waals surface area contributed by atoms with Crippen LogP contribution in [-0.4, -0.2) is 17.2 Å². The highest BCUT2D eigenvalue weighted by atomic mass is 35.5. The van der Waals surface area contributed by atoms with Gasteiger partial charge < -0.3 is 14.6 Å². The van der Waals surface area contributed by atoms with Gasteiger partial charge in [0.15, 0.2) is 0 Å². The molecule has 0 aliphatic carbocycles. The van der Waals surface area contributed by atoms with Crippen molar-refractivity contribution in [3.8, 4) is 11.5 Å². The van der Waals surface area contributed by atoms with E-state index in [2.05, 4.69) is 4.98 Å². The third-order valence-corrected chi connectivity index (χ3v) is 3.25. The fraction of sp³-hybridized carbons (Fsp3) is 0.267. The Morgan fingerprint density at radius 2 is 2.15 bits per heavy atom. The van der Waals surface area contributed by atoms with Gasteiger partial charge in [-0.05, 0) is 25.1 Å². The molecule has 0 amide bonds. The molecule has 106 valence electrons. The van der Waals surface area contributed by atoms with Gasteiger partial charge in [-0.2, -0.15) is 0 Å². The van der Waals surface area contributed by atoms with Gasteiger partial charge in [-0.15, -0.1) is 0 Å². The molecule has 20 heavy (non-hydrogen) atoms. The molecule has 5 heteroatoms. The first kappa shape index (κ1) is 14.6. The van der Waals surface area contributed by atoms with E-state index in [0.29, 0.717) is 28.7 Å². The van der Waals surface area contributed by atoms with E-state index in [1.165, 1.54) is 0 Å². The number of rotatable bonds is 5. The van der Waals surface area contributed by atoms with E-state index in [-0.39, 0.29) is 0 Å². The second-order valence-electron chi connectivity index (χ2n) is 4.34. The topological polar surface area (TPSA) is 51.6 Å². The number of pyridine rings is 1. The number of aromatic nitrogens is 1. The van der Waals surface area contributed by atoms with Gasteiger partial charge >= 0.3 is 0 Å². The predicted molar refractivity (Wildman–Crippen MR) is 77.2 cm³/mol. The van der Waals surface area contributed by atoms with Crippen LogP contribution in [0.2, 0.25) is 5.02 Å². The number of aliphatic hydroxyl groups excluding tert-OH is 1. The van der Waals surface area contributed by atoms with E-state index in [9.17, 15) is 5.11 Å². The number of halogens is 1. The first-order valence-electron chi connectivity index (χ1n) is 6.19. The van der Waals surface area contributed by atoms with Gasteiger partial charge in [0.2, 0.25) is 0 Å². The molecule has 0 saturated carbocycles. The van der Waals surface area contributed by atoms with Crippen LogP contribution in [0.25, 0.3) is 0 Å². The molecule has 0 aliphatic rings. The number of ether oxygens (including phenoxy) is 2. The molecular formula is C15H16ClNO3. The zero-order valence-electron chi connectivity index (χ0n) is 11.3. The average Bonchev–Trinajstić information content (AvgIpc) is 2.46. The Morgan fingerprint density at radius 1 is 1.35 bits per heavy atom. The van der Waals surface area contributed by atoms with Crippen molar-refractivity contribution >= 4 is 11.6 Å². The van der Waals surface area contributed by atoms with Gasteiger partial charge in [-0.1, -0.05) is 11.6 Å². The third-order valence-electron chi connectivity index (χ3n) is 2.91. The van der Waals surface area contributed by atoms with Crippen LogP contribution >= 0.6 is 11.6 Å². The highest BCUT2D eigenvalue weighted by Gasteiger charge is 2.11. The minimum Gasteiger partial charge on any atom is -0.497 e. The summed E-state index contributed by atoms with van der Waals surface area (Å²) in [6.07, 6.45) is 2.61. The van der Waals surface area contributed by atoms with E-state index in [0.717, 1.165) is 5.56 Å². The Morgan fingerprint density at radius 3 is 2.80 bits per heavy atom. The summed E-state index contributed by atoms with van der Waals surface area (Å²) in [5.41, 5.74) is 1.54. The van der Waals surface area contributed by atoms with Gasteiger partial charge in [-0.3, -0.25) is 4.98 Å². The second-order valence-corrected chi connectivity index (χ2v) is 4.74. The van der Waals surface area contributed by atoms with Crippen molar-refractivity contribution < 1.29 is 14.6 Å². The number of hydrogen-bond acceptors (Lipinski definition) is 4. The van der Waals surface area contributed by atoms with Crippen LogP contribution in [0.15, 0.2) is 36.7 Å². The van der Waals surface area contributed by atoms with Crippen LogP contribution in [0, 0.1) is 0 Å². The largest absolute Gasteiger partial charge is 0.497 e. The van der Waals surface area contributed by atoms with Crippen LogP contribution in [0.5, 0.6) is 11.5 Å². The lowest BCUT2D eigenvalue weighted by molar-refractivity contribution is 0.190. The standard InChI is InChI=1S/C15H16ClNO3/c1-10(18)13-4-3-12(19-2)7-15(13)20-9-11-5-6-17-8-14(11)16/h3-8,10,18H,9H2,1-2H3. The molecule has 0 aliphatic heterocycles. The molecule has 0 saturated heterocycles. The van der Waals surface area contributed by atoms with Crippen LogP contribution in [0.1, 0.15) is 24.2 Å². The predicted octanol–water partition coefficient (Wildman–Crippen LogP) is 3.38. The monoisotopic (exact) mass is 293 g/mol. The van der Waals surface area contributed by atoms with E-state index < -0.39 is 6.10 Å². The fourth-order valence-electron chi connectivity index (χ4n) is 1.79. The molecule has 0 bridgehead atoms. The van der Waals surface area contributed by atoms with Crippen molar-refractivity contribution in [3.05, 3.63) is 52.8 Å². The van der Waals surface area contributed by atoms with E-state index >= 15 is 0 Å². The smallest absolute Gasteiger partial charge is 0.129 e. The van der Waals surface area contributed by atoms with Gasteiger partial charge in [-0.25, -0.2) is 0 Å². The zero-order valence-corrected chi connectivity index (χ0v) is 12.1. The van der Waals surface area contributed by atoms with E-state index in [4.69, 9.17) is 21.1 Å². The summed E-state index contributed by atoms with van der Waals surface area (Å²) in [6.45, 7) is 1.99. The van der Waals surface area contributed by atoms with Crippen LogP contribution in [0.4, 0.5) is 0 Å². The highest BCUT2D eigenvalue weighted by Crippen LogP contribution is 2.30. The van der Waals surface area contributed by atoms with Crippen LogP contribution in [-0.2, 0) is 6.61 Å². The van der Waals surface area contributed by atoms with Crippen molar-refractivity contribution in [1.29, 1.82) is 0 Å². The first-order chi connectivity index (χ1) is 9.61. The highest BCUT2D eigenvalue weighted by molar-refractivity contribution is 6.31. The van der Waals surface area contributed by atoms with Gasteiger partial charge in [0.05, 0.1) is 18.2 Å². The summed E-state index contributed by atoms with van der Waals surface area (Å²) in [6, 6.07) is 7.11. The van der Waals surface area contributed by atoms with Gasteiger partial charge in [0, 0.05) is 29.6 Å². The molecule has 2 rings (SSSR count). The maximum Gasteiger partial charge on any atom is 0.129 e. The van der Waals surface area contributed by atoms with Crippen molar-refractivity contribution in [3.63, 3.8) is 0 Å². The van der Waals surface area contributed by atoms with E-state index in [1.54, 1.807) is 50.7 Å². The van der Waals surface area contributed by atoms with Gasteiger partial charge in [0.25, 0.3) is 0 Å². The third kappa shape index (κ3) is 3.40. The van der Waals surface area contributed by atoms with Crippen molar-refractivity contribution in [2.45, 2.75) is 19.6 Å². The lowest BCUT2D eigenvalue weighted by Gasteiger charge is -2.15. The molecule has 0 fully saturated rings. The van der Waals surface area contributed by atoms with Crippen molar-refractivity contribution in [2.75, 3.05) is 7.11 Å². The molecule has 1 N–H and O–H groups in total. The minimum absolute atomic E-state index is 0.300. The minimum atomic E-state index is -0.621. The number of methoxy groups -OCH3 is 1. The Hall–Kier alpha value is -1.78. The number of aliphatic hydroxyl groups is 1. The molecule has 1 aromatic heterocycles. The first-order valence-corrected chi connectivity index (χ1v) is 6.57. The Kier molecular flexibility index (Phi) is 4.82. The number of benzene rings is 1. The lowest BCUT2D eigenvalue weighted by Crippen LogP contribution is -2.02. The molecule has 1 heterocycles. The quantitative estimate of drug-likeness (QED) is 0.918. The maximum absolute atomic E-state index is 9.76. The summed E-state index contributed by atoms with van der Waals surface area (Å²) >= 11 is 6.03. The van der Waals surface area contributed by atoms with E-state index in [1.807, 2.05) is 0 Å². The Bertz CT molecular complexity index is 587. The Labute approximate surface area is 122 Å². The molecule has 0 spiro atoms. The SMILES string of the molecule is COc1ccc(C(C)O)c(OCc2ccncc2Cl)c1. The summed E-state index contributed by atoms with van der Waals surface area (Å²) in [5, 5.41) is 10.3. The molecule has 4 nitrogen and oxygen atoms in total. The normalized spacial score (nSPS) is 12.0. The lowest BCUT2D eigenvalue weighted by atomic mass is 10.1. The Balaban J connectivity index is 2.21. The van der Waals surface area contributed by atoms with Crippen LogP contribution < -0.4 is 9.47 Å². The maximum atomic E-state index is 9.76. The summed E-state index contributed by atoms with van der Waals surface area (Å²) in [7, 11) is 1.58.